The minimum Gasteiger partial charge on any atom is -0.365 e. The third-order valence-electron chi connectivity index (χ3n) is 1.80. The molecule has 0 spiro atoms. The molecule has 0 radical (unpaired) electrons. The van der Waals surface area contributed by atoms with E-state index in [1.807, 2.05) is 27.7 Å². The van der Waals surface area contributed by atoms with Gasteiger partial charge in [0.1, 0.15) is 0 Å². The van der Waals surface area contributed by atoms with E-state index in [9.17, 15) is 10.2 Å². The first-order valence-electron chi connectivity index (χ1n) is 3.76. The lowest BCUT2D eigenvalue weighted by atomic mass is 9.83. The van der Waals surface area contributed by atoms with Gasteiger partial charge in [-0.05, 0) is 0 Å². The molecule has 0 aliphatic carbocycles. The van der Waals surface area contributed by atoms with Crippen LogP contribution in [0.5, 0.6) is 0 Å². The Hall–Kier alpha value is -0.0800. The van der Waals surface area contributed by atoms with E-state index in [0.29, 0.717) is 6.42 Å². The Morgan fingerprint density at radius 3 is 1.60 bits per heavy atom. The van der Waals surface area contributed by atoms with Crippen molar-refractivity contribution in [2.24, 2.45) is 5.41 Å². The molecule has 2 N–H and O–H groups in total. The third-order valence-corrected chi connectivity index (χ3v) is 1.80. The highest BCUT2D eigenvalue weighted by Gasteiger charge is 2.36. The molecule has 0 aromatic heterocycles. The molecule has 0 unspecified atom stereocenters. The van der Waals surface area contributed by atoms with Gasteiger partial charge in [-0.15, -0.1) is 0 Å². The minimum atomic E-state index is -1.51. The van der Waals surface area contributed by atoms with Gasteiger partial charge in [-0.25, -0.2) is 0 Å². The van der Waals surface area contributed by atoms with Crippen molar-refractivity contribution >= 4 is 0 Å². The van der Waals surface area contributed by atoms with E-state index in [0.717, 1.165) is 6.42 Å². The summed E-state index contributed by atoms with van der Waals surface area (Å²) in [5.74, 6) is -1.51. The third kappa shape index (κ3) is 2.27. The Labute approximate surface area is 62.9 Å². The molecule has 0 bridgehead atoms. The number of hydrogen-bond donors (Lipinski definition) is 2. The topological polar surface area (TPSA) is 40.5 Å². The van der Waals surface area contributed by atoms with E-state index in [2.05, 4.69) is 0 Å². The average molecular weight is 146 g/mol. The van der Waals surface area contributed by atoms with Crippen LogP contribution >= 0.6 is 0 Å². The molecular weight excluding hydrogens is 128 g/mol. The van der Waals surface area contributed by atoms with Gasteiger partial charge in [-0.3, -0.25) is 0 Å². The minimum absolute atomic E-state index is 0.441. The fourth-order valence-electron chi connectivity index (χ4n) is 0.724. The predicted molar refractivity (Wildman–Crippen MR) is 41.5 cm³/mol. The summed E-state index contributed by atoms with van der Waals surface area (Å²) < 4.78 is 0. The van der Waals surface area contributed by atoms with E-state index >= 15 is 0 Å². The van der Waals surface area contributed by atoms with Gasteiger partial charge in [-0.1, -0.05) is 34.1 Å². The molecular formula is C8H18O2. The van der Waals surface area contributed by atoms with Crippen LogP contribution in [0.4, 0.5) is 0 Å². The normalized spacial score (nSPS) is 13.8. The van der Waals surface area contributed by atoms with Gasteiger partial charge in [-0.2, -0.15) is 0 Å². The summed E-state index contributed by atoms with van der Waals surface area (Å²) >= 11 is 0. The van der Waals surface area contributed by atoms with E-state index in [4.69, 9.17) is 0 Å². The lowest BCUT2D eigenvalue weighted by molar-refractivity contribution is -0.231. The van der Waals surface area contributed by atoms with Crippen LogP contribution < -0.4 is 0 Å². The fraction of sp³-hybridized carbons (Fsp3) is 1.00. The maximum absolute atomic E-state index is 9.41. The van der Waals surface area contributed by atoms with Crippen molar-refractivity contribution in [3.8, 4) is 0 Å². The van der Waals surface area contributed by atoms with Gasteiger partial charge >= 0.3 is 0 Å². The molecule has 2 nitrogen and oxygen atoms in total. The monoisotopic (exact) mass is 146 g/mol. The zero-order chi connectivity index (χ0) is 8.41. The number of aliphatic hydroxyl groups is 2. The highest BCUT2D eigenvalue weighted by Crippen LogP contribution is 2.31. The molecule has 0 aromatic carbocycles. The van der Waals surface area contributed by atoms with Gasteiger partial charge in [0.05, 0.1) is 0 Å². The molecule has 0 atom stereocenters. The zero-order valence-corrected chi connectivity index (χ0v) is 7.31. The van der Waals surface area contributed by atoms with Gasteiger partial charge < -0.3 is 10.2 Å². The van der Waals surface area contributed by atoms with Crippen LogP contribution in [0.1, 0.15) is 40.5 Å². The van der Waals surface area contributed by atoms with E-state index in [-0.39, 0.29) is 0 Å². The van der Waals surface area contributed by atoms with Gasteiger partial charge in [0.2, 0.25) is 0 Å². The maximum atomic E-state index is 9.41. The summed E-state index contributed by atoms with van der Waals surface area (Å²) in [6.45, 7) is 7.40. The molecule has 62 valence electrons. The summed E-state index contributed by atoms with van der Waals surface area (Å²) in [5.41, 5.74) is -0.441. The van der Waals surface area contributed by atoms with E-state index in [1.54, 1.807) is 0 Å². The molecule has 0 saturated carbocycles. The van der Waals surface area contributed by atoms with Crippen LogP contribution in [0.25, 0.3) is 0 Å². The SMILES string of the molecule is CCCC(O)(O)C(C)(C)C. The van der Waals surface area contributed by atoms with Crippen LogP contribution in [0.3, 0.4) is 0 Å². The molecule has 0 rings (SSSR count). The summed E-state index contributed by atoms with van der Waals surface area (Å²) in [7, 11) is 0. The van der Waals surface area contributed by atoms with Crippen LogP contribution in [-0.4, -0.2) is 16.0 Å². The van der Waals surface area contributed by atoms with Gasteiger partial charge in [0, 0.05) is 11.8 Å². The molecule has 0 aliphatic rings. The van der Waals surface area contributed by atoms with Crippen molar-refractivity contribution in [2.75, 3.05) is 0 Å². The standard InChI is InChI=1S/C8H18O2/c1-5-6-8(9,10)7(2,3)4/h9-10H,5-6H2,1-4H3. The van der Waals surface area contributed by atoms with Crippen molar-refractivity contribution in [2.45, 2.75) is 46.3 Å². The fourth-order valence-corrected chi connectivity index (χ4v) is 0.724. The Balaban J connectivity index is 4.10. The van der Waals surface area contributed by atoms with E-state index in [1.165, 1.54) is 0 Å². The molecule has 2 heteroatoms. The summed E-state index contributed by atoms with van der Waals surface area (Å²) in [4.78, 5) is 0. The number of rotatable bonds is 2. The maximum Gasteiger partial charge on any atom is 0.167 e. The summed E-state index contributed by atoms with van der Waals surface area (Å²) in [6, 6.07) is 0. The summed E-state index contributed by atoms with van der Waals surface area (Å²) in [5, 5.41) is 18.8. The molecule has 0 saturated heterocycles. The molecule has 0 fully saturated rings. The molecule has 10 heavy (non-hydrogen) atoms. The zero-order valence-electron chi connectivity index (χ0n) is 7.31. The smallest absolute Gasteiger partial charge is 0.167 e. The Morgan fingerprint density at radius 2 is 1.50 bits per heavy atom. The van der Waals surface area contributed by atoms with E-state index < -0.39 is 11.2 Å². The van der Waals surface area contributed by atoms with Crippen molar-refractivity contribution < 1.29 is 10.2 Å². The largest absolute Gasteiger partial charge is 0.365 e. The average Bonchev–Trinajstić information content (AvgIpc) is 1.61. The van der Waals surface area contributed by atoms with Crippen LogP contribution in [0, 0.1) is 5.41 Å². The van der Waals surface area contributed by atoms with Crippen molar-refractivity contribution in [3.63, 3.8) is 0 Å². The lowest BCUT2D eigenvalue weighted by Crippen LogP contribution is -2.42. The van der Waals surface area contributed by atoms with Gasteiger partial charge in [0.25, 0.3) is 0 Å². The highest BCUT2D eigenvalue weighted by molar-refractivity contribution is 4.79. The molecule has 0 heterocycles. The van der Waals surface area contributed by atoms with Crippen molar-refractivity contribution in [1.82, 2.24) is 0 Å². The second kappa shape index (κ2) is 2.89. The van der Waals surface area contributed by atoms with Crippen LogP contribution in [0.15, 0.2) is 0 Å². The Morgan fingerprint density at radius 1 is 1.10 bits per heavy atom. The highest BCUT2D eigenvalue weighted by atomic mass is 16.5. The van der Waals surface area contributed by atoms with Crippen LogP contribution in [0.2, 0.25) is 0 Å². The second-order valence-electron chi connectivity index (χ2n) is 3.82. The van der Waals surface area contributed by atoms with Crippen molar-refractivity contribution in [3.05, 3.63) is 0 Å². The van der Waals surface area contributed by atoms with Crippen LogP contribution in [-0.2, 0) is 0 Å². The Kier molecular flexibility index (Phi) is 2.86. The molecule has 0 amide bonds. The first kappa shape index (κ1) is 9.92. The second-order valence-corrected chi connectivity index (χ2v) is 3.82. The molecule has 0 aliphatic heterocycles. The number of hydrogen-bond acceptors (Lipinski definition) is 2. The van der Waals surface area contributed by atoms with Crippen molar-refractivity contribution in [1.29, 1.82) is 0 Å². The first-order valence-corrected chi connectivity index (χ1v) is 3.76. The first-order chi connectivity index (χ1) is 4.31. The summed E-state index contributed by atoms with van der Waals surface area (Å²) in [6.07, 6.45) is 1.24. The van der Waals surface area contributed by atoms with Gasteiger partial charge in [0.15, 0.2) is 5.79 Å². The quantitative estimate of drug-likeness (QED) is 0.580. The predicted octanol–water partition coefficient (Wildman–Crippen LogP) is 1.51. The lowest BCUT2D eigenvalue weighted by Gasteiger charge is -2.34. The molecule has 0 aromatic rings. The Bertz CT molecular complexity index is 100.